The molecule has 0 bridgehead atoms. The number of aromatic nitrogens is 1. The minimum atomic E-state index is -0.00361. The van der Waals surface area contributed by atoms with Crippen molar-refractivity contribution in [2.45, 2.75) is 11.3 Å². The van der Waals surface area contributed by atoms with E-state index in [-0.39, 0.29) is 5.91 Å². The van der Waals surface area contributed by atoms with Crippen LogP contribution in [0.2, 0.25) is 0 Å². The average Bonchev–Trinajstić information content (AvgIpc) is 3.28. The van der Waals surface area contributed by atoms with E-state index in [1.165, 1.54) is 11.8 Å². The predicted octanol–water partition coefficient (Wildman–Crippen LogP) is 4.68. The van der Waals surface area contributed by atoms with E-state index in [0.29, 0.717) is 5.75 Å². The molecule has 1 N–H and O–H groups in total. The second-order valence-corrected chi connectivity index (χ2v) is 9.22. The molecule has 0 aliphatic carbocycles. The van der Waals surface area contributed by atoms with Crippen LogP contribution >= 0.6 is 23.1 Å². The van der Waals surface area contributed by atoms with E-state index in [4.69, 9.17) is 0 Å². The van der Waals surface area contributed by atoms with Gasteiger partial charge in [0.2, 0.25) is 5.91 Å². The summed E-state index contributed by atoms with van der Waals surface area (Å²) in [5, 5.41) is 5.15. The fraction of sp³-hybridized carbons (Fsp3) is 0.304. The lowest BCUT2D eigenvalue weighted by Gasteiger charge is -2.36. The van der Waals surface area contributed by atoms with Gasteiger partial charge in [0, 0.05) is 37.1 Å². The minimum absolute atomic E-state index is 0.00361. The number of para-hydroxylation sites is 2. The van der Waals surface area contributed by atoms with Crippen LogP contribution < -0.4 is 10.2 Å². The van der Waals surface area contributed by atoms with Crippen LogP contribution in [0.3, 0.4) is 0 Å². The zero-order valence-electron chi connectivity index (χ0n) is 17.1. The number of amides is 1. The highest BCUT2D eigenvalue weighted by molar-refractivity contribution is 8.01. The topological polar surface area (TPSA) is 48.5 Å². The summed E-state index contributed by atoms with van der Waals surface area (Å²) in [6.07, 6.45) is 0. The van der Waals surface area contributed by atoms with Crippen LogP contribution in [0.15, 0.2) is 64.3 Å². The van der Waals surface area contributed by atoms with Crippen LogP contribution in [0.1, 0.15) is 6.92 Å². The second-order valence-electron chi connectivity index (χ2n) is 7.14. The lowest BCUT2D eigenvalue weighted by Crippen LogP contribution is -2.46. The van der Waals surface area contributed by atoms with Gasteiger partial charge in [-0.1, -0.05) is 61.2 Å². The molecular formula is C23H26N4OS2. The molecule has 1 aliphatic heterocycles. The van der Waals surface area contributed by atoms with Crippen molar-refractivity contribution in [3.63, 3.8) is 0 Å². The van der Waals surface area contributed by atoms with E-state index in [1.807, 2.05) is 53.9 Å². The first kappa shape index (κ1) is 20.9. The van der Waals surface area contributed by atoms with Crippen LogP contribution in [0.25, 0.3) is 11.3 Å². The van der Waals surface area contributed by atoms with Gasteiger partial charge in [-0.3, -0.25) is 4.79 Å². The van der Waals surface area contributed by atoms with Crippen molar-refractivity contribution in [1.82, 2.24) is 9.88 Å². The van der Waals surface area contributed by atoms with Crippen LogP contribution in [-0.2, 0) is 4.79 Å². The summed E-state index contributed by atoms with van der Waals surface area (Å²) in [7, 11) is 0. The Morgan fingerprint density at radius 1 is 1.07 bits per heavy atom. The number of carbonyl (C=O) groups is 1. The fourth-order valence-corrected chi connectivity index (χ4v) is 5.17. The summed E-state index contributed by atoms with van der Waals surface area (Å²) in [4.78, 5) is 22.1. The number of piperazine rings is 1. The van der Waals surface area contributed by atoms with E-state index in [0.717, 1.165) is 59.7 Å². The van der Waals surface area contributed by atoms with Crippen LogP contribution in [0.5, 0.6) is 0 Å². The molecule has 0 radical (unpaired) electrons. The van der Waals surface area contributed by atoms with Gasteiger partial charge in [0.1, 0.15) is 0 Å². The number of thioether (sulfide) groups is 1. The minimum Gasteiger partial charge on any atom is -0.367 e. The maximum absolute atomic E-state index is 12.6. The molecule has 2 heterocycles. The number of benzene rings is 2. The first-order valence-corrected chi connectivity index (χ1v) is 12.1. The number of nitrogens with one attached hydrogen (secondary N) is 1. The van der Waals surface area contributed by atoms with Crippen molar-refractivity contribution < 1.29 is 4.79 Å². The molecule has 0 saturated carbocycles. The molecule has 1 saturated heterocycles. The molecule has 7 heteroatoms. The Labute approximate surface area is 186 Å². The first-order valence-electron chi connectivity index (χ1n) is 10.2. The Balaban J connectivity index is 1.34. The van der Waals surface area contributed by atoms with Crippen LogP contribution in [0, 0.1) is 0 Å². The molecule has 0 spiro atoms. The molecule has 1 aromatic heterocycles. The molecular weight excluding hydrogens is 412 g/mol. The van der Waals surface area contributed by atoms with Gasteiger partial charge in [0.25, 0.3) is 0 Å². The fourth-order valence-electron chi connectivity index (χ4n) is 3.54. The first-order chi connectivity index (χ1) is 14.7. The summed E-state index contributed by atoms with van der Waals surface area (Å²) < 4.78 is 0.910. The van der Waals surface area contributed by atoms with Gasteiger partial charge in [-0.15, -0.1) is 11.3 Å². The van der Waals surface area contributed by atoms with E-state index < -0.39 is 0 Å². The molecule has 4 rings (SSSR count). The Bertz CT molecular complexity index is 968. The molecule has 3 aromatic rings. The number of rotatable bonds is 7. The number of likely N-dealkylation sites (N-methyl/N-ethyl adjacent to an activating group) is 1. The molecule has 156 valence electrons. The largest absolute Gasteiger partial charge is 0.367 e. The van der Waals surface area contributed by atoms with E-state index in [2.05, 4.69) is 33.1 Å². The average molecular weight is 439 g/mol. The predicted molar refractivity (Wildman–Crippen MR) is 128 cm³/mol. The number of carbonyl (C=O) groups excluding carboxylic acids is 1. The monoisotopic (exact) mass is 438 g/mol. The van der Waals surface area contributed by atoms with Crippen LogP contribution in [0.4, 0.5) is 11.4 Å². The molecule has 1 fully saturated rings. The molecule has 1 aliphatic rings. The van der Waals surface area contributed by atoms with Gasteiger partial charge >= 0.3 is 0 Å². The van der Waals surface area contributed by atoms with Crippen molar-refractivity contribution >= 4 is 40.4 Å². The highest BCUT2D eigenvalue weighted by Gasteiger charge is 2.19. The highest BCUT2D eigenvalue weighted by atomic mass is 32.2. The summed E-state index contributed by atoms with van der Waals surface area (Å²) in [5.74, 6) is 0.343. The van der Waals surface area contributed by atoms with Crippen molar-refractivity contribution in [3.8, 4) is 11.3 Å². The summed E-state index contributed by atoms with van der Waals surface area (Å²) in [6, 6.07) is 18.2. The maximum atomic E-state index is 12.6. The van der Waals surface area contributed by atoms with Gasteiger partial charge in [-0.25, -0.2) is 4.98 Å². The number of thiazole rings is 1. The van der Waals surface area contributed by atoms with Crippen LogP contribution in [-0.4, -0.2) is 54.3 Å². The number of nitrogens with zero attached hydrogens (tertiary/aromatic N) is 3. The summed E-state index contributed by atoms with van der Waals surface area (Å²) >= 11 is 3.06. The molecule has 2 aromatic carbocycles. The van der Waals surface area contributed by atoms with Crippen molar-refractivity contribution in [3.05, 3.63) is 60.0 Å². The van der Waals surface area contributed by atoms with E-state index >= 15 is 0 Å². The zero-order chi connectivity index (χ0) is 20.8. The third kappa shape index (κ3) is 5.22. The summed E-state index contributed by atoms with van der Waals surface area (Å²) in [5.41, 5.74) is 4.05. The Kier molecular flexibility index (Phi) is 7.04. The van der Waals surface area contributed by atoms with Crippen molar-refractivity contribution in [1.29, 1.82) is 0 Å². The smallest absolute Gasteiger partial charge is 0.234 e. The summed E-state index contributed by atoms with van der Waals surface area (Å²) in [6.45, 7) is 7.37. The Hall–Kier alpha value is -2.35. The van der Waals surface area contributed by atoms with Gasteiger partial charge in [-0.2, -0.15) is 0 Å². The van der Waals surface area contributed by atoms with Gasteiger partial charge in [0.05, 0.1) is 22.8 Å². The lowest BCUT2D eigenvalue weighted by atomic mass is 10.2. The molecule has 30 heavy (non-hydrogen) atoms. The molecule has 0 atom stereocenters. The van der Waals surface area contributed by atoms with Gasteiger partial charge in [-0.05, 0) is 18.7 Å². The second kappa shape index (κ2) is 10.1. The van der Waals surface area contributed by atoms with Gasteiger partial charge in [0.15, 0.2) is 4.34 Å². The third-order valence-corrected chi connectivity index (χ3v) is 7.24. The standard InChI is InChI=1S/C23H26N4OS2/c1-2-26-12-14-27(15-13-26)21-11-7-6-10-19(21)24-22(28)17-30-23-25-20(16-29-23)18-8-4-3-5-9-18/h3-11,16H,2,12-15,17H2,1H3,(H,24,28). The van der Waals surface area contributed by atoms with Crippen molar-refractivity contribution in [2.75, 3.05) is 48.7 Å². The quantitative estimate of drug-likeness (QED) is 0.543. The molecule has 0 unspecified atom stereocenters. The van der Waals surface area contributed by atoms with E-state index in [9.17, 15) is 4.79 Å². The number of hydrogen-bond donors (Lipinski definition) is 1. The molecule has 5 nitrogen and oxygen atoms in total. The number of hydrogen-bond acceptors (Lipinski definition) is 6. The zero-order valence-corrected chi connectivity index (χ0v) is 18.7. The van der Waals surface area contributed by atoms with E-state index in [1.54, 1.807) is 11.3 Å². The Morgan fingerprint density at radius 3 is 2.57 bits per heavy atom. The highest BCUT2D eigenvalue weighted by Crippen LogP contribution is 2.29. The van der Waals surface area contributed by atoms with Gasteiger partial charge < -0.3 is 15.1 Å². The Morgan fingerprint density at radius 2 is 1.80 bits per heavy atom. The lowest BCUT2D eigenvalue weighted by molar-refractivity contribution is -0.113. The normalized spacial score (nSPS) is 14.6. The van der Waals surface area contributed by atoms with Crippen molar-refractivity contribution in [2.24, 2.45) is 0 Å². The maximum Gasteiger partial charge on any atom is 0.234 e. The SMILES string of the molecule is CCN1CCN(c2ccccc2NC(=O)CSc2nc(-c3ccccc3)cs2)CC1. The third-order valence-electron chi connectivity index (χ3n) is 5.22. The number of anilines is 2. The molecule has 1 amide bonds.